The lowest BCUT2D eigenvalue weighted by Gasteiger charge is -2.18. The van der Waals surface area contributed by atoms with Gasteiger partial charge in [-0.2, -0.15) is 0 Å². The molecule has 0 spiro atoms. The lowest BCUT2D eigenvalue weighted by molar-refractivity contribution is 0.500. The molecule has 0 aliphatic carbocycles. The van der Waals surface area contributed by atoms with Crippen molar-refractivity contribution >= 4 is 13.3 Å². The Morgan fingerprint density at radius 2 is 1.32 bits per heavy atom. The number of aryl methyl sites for hydroxylation is 1. The van der Waals surface area contributed by atoms with Crippen LogP contribution in [0, 0.1) is 17.5 Å². The van der Waals surface area contributed by atoms with Gasteiger partial charge in [-0.1, -0.05) is 81.5 Å². The maximum Gasteiger partial charge on any atom is 0.166 e. The molecule has 0 bridgehead atoms. The van der Waals surface area contributed by atoms with Gasteiger partial charge in [0.1, 0.15) is 5.82 Å². The molecule has 0 unspecified atom stereocenters. The number of hydrogen-bond acceptors (Lipinski definition) is 0. The van der Waals surface area contributed by atoms with Crippen LogP contribution in [-0.4, -0.2) is 8.07 Å². The van der Waals surface area contributed by atoms with Gasteiger partial charge in [0.15, 0.2) is 11.6 Å². The van der Waals surface area contributed by atoms with Crippen molar-refractivity contribution in [2.75, 3.05) is 0 Å². The summed E-state index contributed by atoms with van der Waals surface area (Å²) < 4.78 is 43.2. The second-order valence-corrected chi connectivity index (χ2v) is 13.2. The molecule has 0 aromatic heterocycles. The zero-order valence-electron chi connectivity index (χ0n) is 16.7. The van der Waals surface area contributed by atoms with Crippen molar-refractivity contribution in [1.82, 2.24) is 0 Å². The average molecular weight is 399 g/mol. The third-order valence-corrected chi connectivity index (χ3v) is 7.01. The van der Waals surface area contributed by atoms with E-state index in [0.717, 1.165) is 22.7 Å². The number of benzene rings is 3. The number of rotatable bonds is 5. The van der Waals surface area contributed by atoms with Crippen LogP contribution < -0.4 is 5.19 Å². The Balaban J connectivity index is 1.93. The van der Waals surface area contributed by atoms with Crippen molar-refractivity contribution in [2.24, 2.45) is 0 Å². The van der Waals surface area contributed by atoms with Crippen LogP contribution in [0.3, 0.4) is 0 Å². The minimum atomic E-state index is -1.73. The molecule has 0 aliphatic heterocycles. The summed E-state index contributed by atoms with van der Waals surface area (Å²) in [5.41, 5.74) is 2.86. The zero-order valence-corrected chi connectivity index (χ0v) is 17.7. The predicted octanol–water partition coefficient (Wildman–Crippen LogP) is 6.94. The fraction of sp³-hybridized carbons (Fsp3) is 0.250. The average Bonchev–Trinajstić information content (AvgIpc) is 2.65. The first-order valence-corrected chi connectivity index (χ1v) is 13.1. The SMILES string of the molecule is CCCc1ccc(-c2ccc(-c3ccc([Si](C)(C)C)c(F)c3)cc2)c(F)c1F. The molecule has 146 valence electrons. The monoisotopic (exact) mass is 398 g/mol. The van der Waals surface area contributed by atoms with E-state index >= 15 is 0 Å². The van der Waals surface area contributed by atoms with Gasteiger partial charge in [0.25, 0.3) is 0 Å². The van der Waals surface area contributed by atoms with Crippen LogP contribution >= 0.6 is 0 Å². The van der Waals surface area contributed by atoms with Crippen LogP contribution in [0.5, 0.6) is 0 Å². The Kier molecular flexibility index (Phi) is 5.80. The van der Waals surface area contributed by atoms with Gasteiger partial charge in [0.05, 0.1) is 8.07 Å². The number of halogens is 3. The van der Waals surface area contributed by atoms with Crippen LogP contribution in [-0.2, 0) is 6.42 Å². The van der Waals surface area contributed by atoms with Crippen LogP contribution in [0.25, 0.3) is 22.3 Å². The van der Waals surface area contributed by atoms with Crippen molar-refractivity contribution in [3.63, 3.8) is 0 Å². The highest BCUT2D eigenvalue weighted by Gasteiger charge is 2.21. The molecule has 0 N–H and O–H groups in total. The Morgan fingerprint density at radius 1 is 0.714 bits per heavy atom. The van der Waals surface area contributed by atoms with Gasteiger partial charge < -0.3 is 0 Å². The van der Waals surface area contributed by atoms with Crippen LogP contribution in [0.4, 0.5) is 13.2 Å². The maximum atomic E-state index is 14.5. The van der Waals surface area contributed by atoms with E-state index in [-0.39, 0.29) is 11.4 Å². The molecular formula is C24H25F3Si. The largest absolute Gasteiger partial charge is 0.207 e. The first-order valence-electron chi connectivity index (χ1n) is 9.60. The second kappa shape index (κ2) is 7.96. The van der Waals surface area contributed by atoms with Gasteiger partial charge in [-0.15, -0.1) is 0 Å². The van der Waals surface area contributed by atoms with E-state index in [4.69, 9.17) is 0 Å². The zero-order chi connectivity index (χ0) is 20.5. The summed E-state index contributed by atoms with van der Waals surface area (Å²) in [6, 6.07) is 15.7. The van der Waals surface area contributed by atoms with E-state index in [2.05, 4.69) is 19.6 Å². The quantitative estimate of drug-likeness (QED) is 0.409. The number of hydrogen-bond donors (Lipinski definition) is 0. The minimum absolute atomic E-state index is 0.180. The standard InChI is InChI=1S/C24H25F3Si/c1-5-6-18-11-13-20(24(27)23(18)26)17-9-7-16(8-10-17)19-12-14-22(21(25)15-19)28(2,3)4/h7-15H,5-6H2,1-4H3. The molecule has 0 nitrogen and oxygen atoms in total. The Labute approximate surface area is 166 Å². The summed E-state index contributed by atoms with van der Waals surface area (Å²) in [6.07, 6.45) is 1.28. The van der Waals surface area contributed by atoms with Gasteiger partial charge in [-0.25, -0.2) is 13.2 Å². The lowest BCUT2D eigenvalue weighted by atomic mass is 9.98. The summed E-state index contributed by atoms with van der Waals surface area (Å²) in [7, 11) is -1.73. The summed E-state index contributed by atoms with van der Waals surface area (Å²) in [6.45, 7) is 8.26. The minimum Gasteiger partial charge on any atom is -0.207 e. The Hall–Kier alpha value is -2.33. The predicted molar refractivity (Wildman–Crippen MR) is 114 cm³/mol. The lowest BCUT2D eigenvalue weighted by Crippen LogP contribution is -2.39. The molecule has 0 saturated carbocycles. The highest BCUT2D eigenvalue weighted by Crippen LogP contribution is 2.29. The van der Waals surface area contributed by atoms with E-state index < -0.39 is 19.7 Å². The maximum absolute atomic E-state index is 14.5. The van der Waals surface area contributed by atoms with E-state index in [1.165, 1.54) is 0 Å². The second-order valence-electron chi connectivity index (χ2n) is 8.17. The molecule has 0 atom stereocenters. The van der Waals surface area contributed by atoms with Crippen molar-refractivity contribution in [2.45, 2.75) is 39.4 Å². The van der Waals surface area contributed by atoms with Gasteiger partial charge in [0, 0.05) is 5.56 Å². The molecule has 3 aromatic carbocycles. The molecule has 0 saturated heterocycles. The molecule has 0 aliphatic rings. The third kappa shape index (κ3) is 4.07. The topological polar surface area (TPSA) is 0 Å². The summed E-state index contributed by atoms with van der Waals surface area (Å²) >= 11 is 0. The summed E-state index contributed by atoms with van der Waals surface area (Å²) in [4.78, 5) is 0. The molecule has 4 heteroatoms. The first-order chi connectivity index (χ1) is 13.2. The molecule has 3 aromatic rings. The molecule has 3 rings (SSSR count). The normalized spacial score (nSPS) is 11.7. The Bertz CT molecular complexity index is 986. The van der Waals surface area contributed by atoms with E-state index in [9.17, 15) is 13.2 Å². The summed E-state index contributed by atoms with van der Waals surface area (Å²) in [5.74, 6) is -1.77. The van der Waals surface area contributed by atoms with Crippen LogP contribution in [0.2, 0.25) is 19.6 Å². The molecule has 0 fully saturated rings. The molecule has 28 heavy (non-hydrogen) atoms. The van der Waals surface area contributed by atoms with Crippen molar-refractivity contribution in [3.05, 3.63) is 77.6 Å². The van der Waals surface area contributed by atoms with Gasteiger partial charge in [-0.3, -0.25) is 0 Å². The van der Waals surface area contributed by atoms with Crippen molar-refractivity contribution in [3.8, 4) is 22.3 Å². The van der Waals surface area contributed by atoms with Gasteiger partial charge >= 0.3 is 0 Å². The van der Waals surface area contributed by atoms with Crippen molar-refractivity contribution in [1.29, 1.82) is 0 Å². The van der Waals surface area contributed by atoms with Crippen LogP contribution in [0.15, 0.2) is 54.6 Å². The molecule has 0 radical (unpaired) electrons. The fourth-order valence-corrected chi connectivity index (χ4v) is 4.79. The van der Waals surface area contributed by atoms with Gasteiger partial charge in [-0.05, 0) is 39.9 Å². The third-order valence-electron chi connectivity index (χ3n) is 4.99. The van der Waals surface area contributed by atoms with E-state index in [1.807, 2.05) is 31.2 Å². The van der Waals surface area contributed by atoms with Crippen molar-refractivity contribution < 1.29 is 13.2 Å². The molecule has 0 amide bonds. The highest BCUT2D eigenvalue weighted by molar-refractivity contribution is 6.88. The molecular weight excluding hydrogens is 373 g/mol. The summed E-state index contributed by atoms with van der Waals surface area (Å²) in [5, 5.41) is 0.803. The Morgan fingerprint density at radius 3 is 1.89 bits per heavy atom. The molecule has 0 heterocycles. The van der Waals surface area contributed by atoms with Crippen LogP contribution in [0.1, 0.15) is 18.9 Å². The van der Waals surface area contributed by atoms with E-state index in [0.29, 0.717) is 17.5 Å². The fourth-order valence-electron chi connectivity index (χ4n) is 3.42. The smallest absolute Gasteiger partial charge is 0.166 e. The van der Waals surface area contributed by atoms with Gasteiger partial charge in [0.2, 0.25) is 0 Å². The van der Waals surface area contributed by atoms with E-state index in [1.54, 1.807) is 30.3 Å². The highest BCUT2D eigenvalue weighted by atomic mass is 28.3. The first kappa shape index (κ1) is 20.4.